The second-order valence-corrected chi connectivity index (χ2v) is 9.35. The Bertz CT molecular complexity index is 1540. The molecule has 34 heavy (non-hydrogen) atoms. The molecule has 0 amide bonds. The summed E-state index contributed by atoms with van der Waals surface area (Å²) in [6.07, 6.45) is 5.05. The first-order chi connectivity index (χ1) is 16.1. The molecule has 1 aliphatic rings. The number of benzene rings is 1. The second kappa shape index (κ2) is 9.05. The number of hydrogen-bond acceptors (Lipinski definition) is 8. The second-order valence-electron chi connectivity index (χ2n) is 7.50. The van der Waals surface area contributed by atoms with Gasteiger partial charge in [-0.05, 0) is 31.7 Å². The van der Waals surface area contributed by atoms with Crippen molar-refractivity contribution in [1.29, 1.82) is 0 Å². The van der Waals surface area contributed by atoms with Crippen LogP contribution in [0.2, 0.25) is 0 Å². The highest BCUT2D eigenvalue weighted by Gasteiger charge is 2.26. The maximum atomic E-state index is 15.1. The van der Waals surface area contributed by atoms with Crippen molar-refractivity contribution in [2.24, 2.45) is 5.73 Å². The monoisotopic (exact) mass is 490 g/mol. The Kier molecular flexibility index (Phi) is 6.30. The van der Waals surface area contributed by atoms with Gasteiger partial charge in [-0.1, -0.05) is 18.2 Å². The third kappa shape index (κ3) is 4.34. The molecule has 12 heteroatoms. The lowest BCUT2D eigenvalue weighted by atomic mass is 9.95. The number of halogens is 2. The van der Waals surface area contributed by atoms with Gasteiger partial charge in [0.25, 0.3) is 0 Å². The molecule has 2 heterocycles. The van der Waals surface area contributed by atoms with Gasteiger partial charge < -0.3 is 14.9 Å². The van der Waals surface area contributed by atoms with Gasteiger partial charge >= 0.3 is 11.6 Å². The molecule has 0 spiro atoms. The van der Waals surface area contributed by atoms with Gasteiger partial charge in [-0.15, -0.1) is 0 Å². The summed E-state index contributed by atoms with van der Waals surface area (Å²) in [6.45, 7) is 1.64. The van der Waals surface area contributed by atoms with E-state index in [0.29, 0.717) is 17.2 Å². The van der Waals surface area contributed by atoms with E-state index in [9.17, 15) is 17.6 Å². The number of ether oxygens (including phenoxy) is 1. The molecule has 178 valence electrons. The predicted molar refractivity (Wildman–Crippen MR) is 118 cm³/mol. The summed E-state index contributed by atoms with van der Waals surface area (Å²) in [5, 5.41) is 0.573. The lowest BCUT2D eigenvalue weighted by molar-refractivity contribution is 0.243. The fourth-order valence-corrected chi connectivity index (χ4v) is 4.55. The van der Waals surface area contributed by atoms with Crippen LogP contribution in [0.4, 0.5) is 8.78 Å². The number of rotatable bonds is 6. The van der Waals surface area contributed by atoms with Crippen LogP contribution in [-0.4, -0.2) is 31.5 Å². The maximum Gasteiger partial charge on any atom is 0.341 e. The molecule has 1 aromatic carbocycles. The summed E-state index contributed by atoms with van der Waals surface area (Å²) in [5.74, 6) is -1.66. The molecule has 0 saturated carbocycles. The number of nitrogens with two attached hydrogens (primary N) is 1. The smallest absolute Gasteiger partial charge is 0.341 e. The molecule has 2 unspecified atom stereocenters. The van der Waals surface area contributed by atoms with Gasteiger partial charge in [0, 0.05) is 17.2 Å². The summed E-state index contributed by atoms with van der Waals surface area (Å²) in [6, 6.07) is 2.45. The quantitative estimate of drug-likeness (QED) is 0.506. The van der Waals surface area contributed by atoms with Gasteiger partial charge in [-0.25, -0.2) is 36.7 Å². The van der Waals surface area contributed by atoms with Crippen LogP contribution in [0.25, 0.3) is 12.2 Å². The molecule has 4 rings (SSSR count). The first-order valence-electron chi connectivity index (χ1n) is 10.1. The van der Waals surface area contributed by atoms with Crippen molar-refractivity contribution in [3.63, 3.8) is 0 Å². The van der Waals surface area contributed by atoms with E-state index in [-0.39, 0.29) is 22.6 Å². The first kappa shape index (κ1) is 23.7. The molecule has 3 N–H and O–H groups in total. The van der Waals surface area contributed by atoms with E-state index >= 15 is 4.39 Å². The number of aromatic nitrogens is 2. The molecule has 3 aromatic rings. The van der Waals surface area contributed by atoms with Crippen molar-refractivity contribution < 1.29 is 26.4 Å². The number of fused-ring (bicyclic) bond motifs is 1. The molecular weight excluding hydrogens is 470 g/mol. The molecule has 2 atom stereocenters. The van der Waals surface area contributed by atoms with E-state index in [0.717, 1.165) is 25.5 Å². The minimum absolute atomic E-state index is 0.00235. The van der Waals surface area contributed by atoms with Gasteiger partial charge in [0.1, 0.15) is 22.2 Å². The van der Waals surface area contributed by atoms with Crippen LogP contribution in [0, 0.1) is 18.6 Å². The highest BCUT2D eigenvalue weighted by molar-refractivity contribution is 7.89. The van der Waals surface area contributed by atoms with Crippen LogP contribution in [0.5, 0.6) is 6.01 Å². The van der Waals surface area contributed by atoms with Crippen LogP contribution in [0.3, 0.4) is 0 Å². The zero-order valence-corrected chi connectivity index (χ0v) is 18.9. The van der Waals surface area contributed by atoms with Crippen molar-refractivity contribution in [3.05, 3.63) is 80.0 Å². The molecule has 9 nitrogen and oxygen atoms in total. The Hall–Kier alpha value is -3.48. The van der Waals surface area contributed by atoms with Crippen LogP contribution in [0.15, 0.2) is 44.7 Å². The zero-order chi connectivity index (χ0) is 24.6. The van der Waals surface area contributed by atoms with Gasteiger partial charge in [0.15, 0.2) is 5.82 Å². The van der Waals surface area contributed by atoms with Crippen LogP contribution in [0.1, 0.15) is 29.2 Å². The molecule has 0 fully saturated rings. The summed E-state index contributed by atoms with van der Waals surface area (Å²) in [4.78, 5) is 19.7. The molecule has 0 aliphatic heterocycles. The van der Waals surface area contributed by atoms with E-state index in [2.05, 4.69) is 14.7 Å². The Morgan fingerprint density at radius 2 is 1.97 bits per heavy atom. The maximum absolute atomic E-state index is 15.1. The third-order valence-electron chi connectivity index (χ3n) is 5.44. The van der Waals surface area contributed by atoms with Crippen molar-refractivity contribution in [2.75, 3.05) is 7.05 Å². The van der Waals surface area contributed by atoms with Crippen LogP contribution in [-0.2, 0) is 10.0 Å². The lowest BCUT2D eigenvalue weighted by Crippen LogP contribution is -2.40. The zero-order valence-electron chi connectivity index (χ0n) is 18.1. The average Bonchev–Trinajstić information content (AvgIpc) is 2.80. The van der Waals surface area contributed by atoms with E-state index in [4.69, 9.17) is 14.9 Å². The molecule has 0 saturated heterocycles. The Morgan fingerprint density at radius 1 is 1.26 bits per heavy atom. The predicted octanol–water partition coefficient (Wildman–Crippen LogP) is 0.385. The molecule has 0 radical (unpaired) electrons. The fourth-order valence-electron chi connectivity index (χ4n) is 3.72. The minimum Gasteiger partial charge on any atom is -0.455 e. The highest BCUT2D eigenvalue weighted by atomic mass is 32.2. The van der Waals surface area contributed by atoms with Crippen molar-refractivity contribution in [2.45, 2.75) is 30.4 Å². The standard InChI is InChI=1S/C22H20F2N4O5S/c1-11-14-7-6-13(32-22-27-9-12(23)10-28-22)8-16(14)33-21(29)18(11)20(25)15-4-3-5-17(19(15)24)34(30,31)26-2/h3-5,7-10,13,20,26H,6,25H2,1-2H3. The van der Waals surface area contributed by atoms with Gasteiger partial charge in [-0.2, -0.15) is 0 Å². The van der Waals surface area contributed by atoms with Crippen molar-refractivity contribution in [3.8, 4) is 6.01 Å². The number of hydrogen-bond donors (Lipinski definition) is 2. The SMILES string of the molecule is CNS(=O)(=O)c1cccc(C(N)c2c(C)c3c(oc2=O)=CC(Oc2ncc(F)cn2)CC=3)c1F. The topological polar surface area (TPSA) is 137 Å². The first-order valence-corrected chi connectivity index (χ1v) is 11.6. The van der Waals surface area contributed by atoms with Gasteiger partial charge in [0.05, 0.1) is 24.0 Å². The van der Waals surface area contributed by atoms with E-state index < -0.39 is 44.3 Å². The minimum atomic E-state index is -4.07. The largest absolute Gasteiger partial charge is 0.455 e. The lowest BCUT2D eigenvalue weighted by Gasteiger charge is -2.18. The van der Waals surface area contributed by atoms with E-state index in [1.165, 1.54) is 12.1 Å². The number of sulfonamides is 1. The van der Waals surface area contributed by atoms with Crippen molar-refractivity contribution >= 4 is 22.2 Å². The van der Waals surface area contributed by atoms with Crippen LogP contribution >= 0.6 is 0 Å². The highest BCUT2D eigenvalue weighted by Crippen LogP contribution is 2.25. The molecule has 1 aliphatic carbocycles. The number of nitrogens with zero attached hydrogens (tertiary/aromatic N) is 2. The summed E-state index contributed by atoms with van der Waals surface area (Å²) in [5.41, 5.74) is 5.97. The molecule has 0 bridgehead atoms. The summed E-state index contributed by atoms with van der Waals surface area (Å²) >= 11 is 0. The molecular formula is C22H20F2N4O5S. The molecule has 2 aromatic heterocycles. The Morgan fingerprint density at radius 3 is 2.65 bits per heavy atom. The van der Waals surface area contributed by atoms with Crippen LogP contribution < -0.4 is 31.5 Å². The number of nitrogens with one attached hydrogen (secondary N) is 1. The summed E-state index contributed by atoms with van der Waals surface area (Å²) in [7, 11) is -2.91. The average molecular weight is 490 g/mol. The van der Waals surface area contributed by atoms with Gasteiger partial charge in [-0.3, -0.25) is 0 Å². The normalized spacial score (nSPS) is 16.2. The fraction of sp³-hybridized carbons (Fsp3) is 0.227. The Balaban J connectivity index is 1.74. The third-order valence-corrected chi connectivity index (χ3v) is 6.87. The van der Waals surface area contributed by atoms with E-state index in [1.54, 1.807) is 19.1 Å². The summed E-state index contributed by atoms with van der Waals surface area (Å²) < 4.78 is 65.4. The van der Waals surface area contributed by atoms with E-state index in [1.807, 2.05) is 0 Å². The van der Waals surface area contributed by atoms with Gasteiger partial charge in [0.2, 0.25) is 10.0 Å². The Labute approximate surface area is 192 Å². The van der Waals surface area contributed by atoms with Crippen molar-refractivity contribution in [1.82, 2.24) is 14.7 Å².